The van der Waals surface area contributed by atoms with Crippen molar-refractivity contribution in [2.24, 2.45) is 0 Å². The first-order valence-corrected chi connectivity index (χ1v) is 8.53. The summed E-state index contributed by atoms with van der Waals surface area (Å²) in [6, 6.07) is 9.00. The molecule has 1 fully saturated rings. The molecule has 0 spiro atoms. The number of amides is 2. The summed E-state index contributed by atoms with van der Waals surface area (Å²) in [5.41, 5.74) is 2.05. The summed E-state index contributed by atoms with van der Waals surface area (Å²) in [7, 11) is 1.56. The van der Waals surface area contributed by atoms with Crippen LogP contribution in [0.2, 0.25) is 0 Å². The molecule has 2 aromatic rings. The van der Waals surface area contributed by atoms with Crippen LogP contribution in [0.1, 0.15) is 12.6 Å². The molecule has 0 aliphatic carbocycles. The number of ether oxygens (including phenoxy) is 1. The molecule has 1 aliphatic rings. The molecule has 1 aromatic heterocycles. The number of nitrogens with zero attached hydrogens (tertiary/aromatic N) is 3. The standard InChI is InChI=1S/C18H23N5O3/c1-12-11-26-8-7-23(12)16-9-15(10-24)20-17(22-16)13-3-5-14(6-4-13)21-18(25)19-2/h3-6,9,12,24H,7-8,10-11H2,1-2H3,(H2,19,21,25)/t12-/m0/s1. The number of carbonyl (C=O) groups is 1. The molecule has 3 rings (SSSR count). The summed E-state index contributed by atoms with van der Waals surface area (Å²) >= 11 is 0. The van der Waals surface area contributed by atoms with Crippen LogP contribution >= 0.6 is 0 Å². The fraction of sp³-hybridized carbons (Fsp3) is 0.389. The molecule has 8 heteroatoms. The van der Waals surface area contributed by atoms with Crippen LogP contribution in [0.25, 0.3) is 11.4 Å². The Kier molecular flexibility index (Phi) is 5.65. The van der Waals surface area contributed by atoms with Gasteiger partial charge < -0.3 is 25.4 Å². The minimum absolute atomic E-state index is 0.155. The molecule has 0 radical (unpaired) electrons. The molecule has 0 bridgehead atoms. The van der Waals surface area contributed by atoms with Gasteiger partial charge in [0.2, 0.25) is 0 Å². The summed E-state index contributed by atoms with van der Waals surface area (Å²) in [5, 5.41) is 14.8. The highest BCUT2D eigenvalue weighted by molar-refractivity contribution is 5.89. The maximum Gasteiger partial charge on any atom is 0.318 e. The summed E-state index contributed by atoms with van der Waals surface area (Å²) in [4.78, 5) is 22.7. The number of urea groups is 1. The van der Waals surface area contributed by atoms with Gasteiger partial charge >= 0.3 is 6.03 Å². The van der Waals surface area contributed by atoms with E-state index in [9.17, 15) is 9.90 Å². The Bertz CT molecular complexity index is 766. The maximum atomic E-state index is 11.4. The van der Waals surface area contributed by atoms with Crippen molar-refractivity contribution < 1.29 is 14.6 Å². The zero-order chi connectivity index (χ0) is 18.5. The molecular formula is C18H23N5O3. The normalized spacial score (nSPS) is 17.0. The molecule has 1 aliphatic heterocycles. The van der Waals surface area contributed by atoms with E-state index in [-0.39, 0.29) is 18.7 Å². The molecule has 2 heterocycles. The average Bonchev–Trinajstić information content (AvgIpc) is 2.68. The number of hydrogen-bond acceptors (Lipinski definition) is 6. The van der Waals surface area contributed by atoms with E-state index < -0.39 is 0 Å². The largest absolute Gasteiger partial charge is 0.390 e. The van der Waals surface area contributed by atoms with E-state index in [4.69, 9.17) is 4.74 Å². The predicted octanol–water partition coefficient (Wildman–Crippen LogP) is 1.61. The fourth-order valence-electron chi connectivity index (χ4n) is 2.80. The van der Waals surface area contributed by atoms with Crippen molar-refractivity contribution in [1.29, 1.82) is 0 Å². The number of rotatable bonds is 4. The number of aromatic nitrogens is 2. The van der Waals surface area contributed by atoms with E-state index in [1.54, 1.807) is 19.2 Å². The highest BCUT2D eigenvalue weighted by atomic mass is 16.5. The Morgan fingerprint density at radius 1 is 1.35 bits per heavy atom. The van der Waals surface area contributed by atoms with Crippen molar-refractivity contribution in [2.75, 3.05) is 37.0 Å². The van der Waals surface area contributed by atoms with Gasteiger partial charge in [-0.05, 0) is 31.2 Å². The van der Waals surface area contributed by atoms with Gasteiger partial charge in [0.1, 0.15) is 5.82 Å². The number of benzene rings is 1. The number of carbonyl (C=O) groups excluding carboxylic acids is 1. The van der Waals surface area contributed by atoms with E-state index in [1.165, 1.54) is 0 Å². The van der Waals surface area contributed by atoms with Crippen LogP contribution in [-0.4, -0.2) is 54.0 Å². The van der Waals surface area contributed by atoms with Crippen molar-refractivity contribution >= 4 is 17.5 Å². The Morgan fingerprint density at radius 2 is 2.12 bits per heavy atom. The first-order valence-electron chi connectivity index (χ1n) is 8.53. The third-order valence-electron chi connectivity index (χ3n) is 4.22. The van der Waals surface area contributed by atoms with Crippen LogP contribution in [0.15, 0.2) is 30.3 Å². The minimum Gasteiger partial charge on any atom is -0.390 e. The number of nitrogens with one attached hydrogen (secondary N) is 2. The third kappa shape index (κ3) is 4.09. The lowest BCUT2D eigenvalue weighted by Gasteiger charge is -2.34. The lowest BCUT2D eigenvalue weighted by molar-refractivity contribution is 0.0985. The van der Waals surface area contributed by atoms with Crippen molar-refractivity contribution in [1.82, 2.24) is 15.3 Å². The summed E-state index contributed by atoms with van der Waals surface area (Å²) in [6.07, 6.45) is 0. The molecule has 1 aromatic carbocycles. The number of anilines is 2. The van der Waals surface area contributed by atoms with E-state index in [1.807, 2.05) is 18.2 Å². The predicted molar refractivity (Wildman–Crippen MR) is 99.1 cm³/mol. The highest BCUT2D eigenvalue weighted by Gasteiger charge is 2.21. The van der Waals surface area contributed by atoms with Crippen LogP contribution in [0.3, 0.4) is 0 Å². The van der Waals surface area contributed by atoms with Gasteiger partial charge in [-0.1, -0.05) is 0 Å². The number of morpholine rings is 1. The molecule has 3 N–H and O–H groups in total. The first-order chi connectivity index (χ1) is 12.6. The van der Waals surface area contributed by atoms with Crippen LogP contribution < -0.4 is 15.5 Å². The molecule has 1 atom stereocenters. The Balaban J connectivity index is 1.89. The lowest BCUT2D eigenvalue weighted by Crippen LogP contribution is -2.44. The van der Waals surface area contributed by atoms with Crippen molar-refractivity contribution in [3.05, 3.63) is 36.0 Å². The number of hydrogen-bond donors (Lipinski definition) is 3. The third-order valence-corrected chi connectivity index (χ3v) is 4.22. The second-order valence-electron chi connectivity index (χ2n) is 6.10. The van der Waals surface area contributed by atoms with Gasteiger partial charge in [0.15, 0.2) is 5.82 Å². The molecular weight excluding hydrogens is 334 g/mol. The average molecular weight is 357 g/mol. The second kappa shape index (κ2) is 8.11. The number of aliphatic hydroxyl groups is 1. The first kappa shape index (κ1) is 18.1. The van der Waals surface area contributed by atoms with E-state index in [0.717, 1.165) is 17.9 Å². The van der Waals surface area contributed by atoms with Gasteiger partial charge in [0.05, 0.1) is 31.6 Å². The van der Waals surface area contributed by atoms with Crippen molar-refractivity contribution in [2.45, 2.75) is 19.6 Å². The zero-order valence-corrected chi connectivity index (χ0v) is 14.9. The second-order valence-corrected chi connectivity index (χ2v) is 6.10. The summed E-state index contributed by atoms with van der Waals surface area (Å²) < 4.78 is 5.48. The van der Waals surface area contributed by atoms with Crippen molar-refractivity contribution in [3.63, 3.8) is 0 Å². The highest BCUT2D eigenvalue weighted by Crippen LogP contribution is 2.24. The molecule has 8 nitrogen and oxygen atoms in total. The molecule has 138 valence electrons. The van der Waals surface area contributed by atoms with Crippen LogP contribution in [0.4, 0.5) is 16.3 Å². The molecule has 1 saturated heterocycles. The maximum absolute atomic E-state index is 11.4. The topological polar surface area (TPSA) is 99.6 Å². The van der Waals surface area contributed by atoms with Gasteiger partial charge in [-0.15, -0.1) is 0 Å². The van der Waals surface area contributed by atoms with Gasteiger partial charge in [0.25, 0.3) is 0 Å². The quantitative estimate of drug-likeness (QED) is 0.769. The van der Waals surface area contributed by atoms with Crippen molar-refractivity contribution in [3.8, 4) is 11.4 Å². The summed E-state index contributed by atoms with van der Waals surface area (Å²) in [5.74, 6) is 1.32. The minimum atomic E-state index is -0.278. The molecule has 0 unspecified atom stereocenters. The lowest BCUT2D eigenvalue weighted by atomic mass is 10.2. The van der Waals surface area contributed by atoms with Crippen LogP contribution in [0.5, 0.6) is 0 Å². The van der Waals surface area contributed by atoms with Crippen LogP contribution in [-0.2, 0) is 11.3 Å². The monoisotopic (exact) mass is 357 g/mol. The Hall–Kier alpha value is -2.71. The van der Waals surface area contributed by atoms with Gasteiger partial charge in [-0.25, -0.2) is 14.8 Å². The Morgan fingerprint density at radius 3 is 2.77 bits per heavy atom. The van der Waals surface area contributed by atoms with E-state index in [2.05, 4.69) is 32.4 Å². The van der Waals surface area contributed by atoms with Gasteiger partial charge in [0, 0.05) is 30.9 Å². The fourth-order valence-corrected chi connectivity index (χ4v) is 2.80. The molecule has 0 saturated carbocycles. The summed E-state index contributed by atoms with van der Waals surface area (Å²) in [6.45, 7) is 3.97. The molecule has 26 heavy (non-hydrogen) atoms. The van der Waals surface area contributed by atoms with Crippen LogP contribution in [0, 0.1) is 0 Å². The van der Waals surface area contributed by atoms with E-state index >= 15 is 0 Å². The molecule has 2 amide bonds. The Labute approximate surface area is 152 Å². The van der Waals surface area contributed by atoms with E-state index in [0.29, 0.717) is 30.4 Å². The van der Waals surface area contributed by atoms with Gasteiger partial charge in [-0.2, -0.15) is 0 Å². The smallest absolute Gasteiger partial charge is 0.318 e. The SMILES string of the molecule is CNC(=O)Nc1ccc(-c2nc(CO)cc(N3CCOC[C@@H]3C)n2)cc1. The zero-order valence-electron chi connectivity index (χ0n) is 14.9. The van der Waals surface area contributed by atoms with Gasteiger partial charge in [-0.3, -0.25) is 0 Å². The number of aliphatic hydroxyl groups excluding tert-OH is 1.